The van der Waals surface area contributed by atoms with Crippen molar-refractivity contribution in [3.8, 4) is 0 Å². The van der Waals surface area contributed by atoms with Crippen molar-refractivity contribution in [1.29, 1.82) is 0 Å². The van der Waals surface area contributed by atoms with Gasteiger partial charge in [-0.1, -0.05) is 6.42 Å². The molecule has 6 nitrogen and oxygen atoms in total. The van der Waals surface area contributed by atoms with E-state index in [9.17, 15) is 4.79 Å². The Morgan fingerprint density at radius 3 is 2.00 bits per heavy atom. The molecule has 0 radical (unpaired) electrons. The summed E-state index contributed by atoms with van der Waals surface area (Å²) in [6.45, 7) is 6.13. The molecule has 0 aliphatic rings. The van der Waals surface area contributed by atoms with Crippen LogP contribution in [0.1, 0.15) is 44.9 Å². The summed E-state index contributed by atoms with van der Waals surface area (Å²) in [5.74, 6) is 0.165. The van der Waals surface area contributed by atoms with Crippen LogP contribution in [-0.2, 0) is 4.79 Å². The van der Waals surface area contributed by atoms with E-state index in [4.69, 9.17) is 11.5 Å². The summed E-state index contributed by atoms with van der Waals surface area (Å²) >= 11 is 0. The minimum Gasteiger partial charge on any atom is -0.356 e. The first-order chi connectivity index (χ1) is 10.3. The number of hydrogen-bond acceptors (Lipinski definition) is 5. The van der Waals surface area contributed by atoms with Gasteiger partial charge in [0.15, 0.2) is 0 Å². The lowest BCUT2D eigenvalue weighted by Gasteiger charge is -2.07. The third-order valence-electron chi connectivity index (χ3n) is 3.24. The summed E-state index contributed by atoms with van der Waals surface area (Å²) in [6, 6.07) is 0. The summed E-state index contributed by atoms with van der Waals surface area (Å²) in [6.07, 6.45) is 6.96. The topological polar surface area (TPSA) is 105 Å². The Labute approximate surface area is 129 Å². The number of nitrogens with two attached hydrogens (primary N) is 2. The second-order valence-corrected chi connectivity index (χ2v) is 5.30. The molecule has 0 aromatic carbocycles. The zero-order chi connectivity index (χ0) is 15.6. The molecule has 126 valence electrons. The van der Waals surface area contributed by atoms with Gasteiger partial charge in [0.1, 0.15) is 0 Å². The lowest BCUT2D eigenvalue weighted by molar-refractivity contribution is -0.121. The van der Waals surface area contributed by atoms with Crippen molar-refractivity contribution in [2.24, 2.45) is 11.5 Å². The summed E-state index contributed by atoms with van der Waals surface area (Å²) in [5, 5.41) is 9.62. The zero-order valence-corrected chi connectivity index (χ0v) is 13.5. The Kier molecular flexibility index (Phi) is 16.8. The molecule has 1 amide bonds. The number of carbonyl (C=O) groups is 1. The number of hydrogen-bond donors (Lipinski definition) is 5. The van der Waals surface area contributed by atoms with Gasteiger partial charge in [0.05, 0.1) is 0 Å². The average Bonchev–Trinajstić information content (AvgIpc) is 2.49. The second kappa shape index (κ2) is 17.4. The van der Waals surface area contributed by atoms with Crippen molar-refractivity contribution in [2.75, 3.05) is 45.8 Å². The van der Waals surface area contributed by atoms with Crippen LogP contribution in [0, 0.1) is 0 Å². The Bertz CT molecular complexity index is 226. The SMILES string of the molecule is NCCCCCC(=O)NCCCNCCCCNCCN. The molecule has 0 rings (SSSR count). The van der Waals surface area contributed by atoms with Crippen LogP contribution in [0.3, 0.4) is 0 Å². The van der Waals surface area contributed by atoms with E-state index < -0.39 is 0 Å². The standard InChI is InChI=1S/C15H35N5O/c16-8-3-1-2-7-15(21)20-13-6-12-18-10-4-5-11-19-14-9-17/h18-19H,1-14,16-17H2,(H,20,21). The Balaban J connectivity index is 3.09. The van der Waals surface area contributed by atoms with Crippen molar-refractivity contribution in [3.63, 3.8) is 0 Å². The van der Waals surface area contributed by atoms with Gasteiger partial charge < -0.3 is 27.4 Å². The van der Waals surface area contributed by atoms with Gasteiger partial charge in [-0.3, -0.25) is 4.79 Å². The number of amides is 1. The number of carbonyl (C=O) groups excluding carboxylic acids is 1. The van der Waals surface area contributed by atoms with Gasteiger partial charge in [0, 0.05) is 26.1 Å². The van der Waals surface area contributed by atoms with Crippen molar-refractivity contribution in [1.82, 2.24) is 16.0 Å². The lowest BCUT2D eigenvalue weighted by Crippen LogP contribution is -2.28. The number of unbranched alkanes of at least 4 members (excludes halogenated alkanes) is 3. The largest absolute Gasteiger partial charge is 0.356 e. The molecule has 0 aromatic rings. The van der Waals surface area contributed by atoms with Crippen LogP contribution in [0.4, 0.5) is 0 Å². The lowest BCUT2D eigenvalue weighted by atomic mass is 10.2. The molecule has 0 saturated carbocycles. The van der Waals surface area contributed by atoms with Gasteiger partial charge in [-0.15, -0.1) is 0 Å². The third-order valence-corrected chi connectivity index (χ3v) is 3.24. The minimum absolute atomic E-state index is 0.165. The van der Waals surface area contributed by atoms with Crippen molar-refractivity contribution in [2.45, 2.75) is 44.9 Å². The van der Waals surface area contributed by atoms with Gasteiger partial charge in [0.2, 0.25) is 5.91 Å². The van der Waals surface area contributed by atoms with Gasteiger partial charge in [-0.05, 0) is 58.3 Å². The molecular weight excluding hydrogens is 266 g/mol. The molecule has 7 N–H and O–H groups in total. The Morgan fingerprint density at radius 1 is 0.667 bits per heavy atom. The highest BCUT2D eigenvalue weighted by Gasteiger charge is 1.99. The molecule has 0 fully saturated rings. The van der Waals surface area contributed by atoms with E-state index in [0.29, 0.717) is 13.0 Å². The maximum atomic E-state index is 11.5. The average molecular weight is 301 g/mol. The fraction of sp³-hybridized carbons (Fsp3) is 0.933. The molecule has 0 aromatic heterocycles. The first-order valence-electron chi connectivity index (χ1n) is 8.39. The van der Waals surface area contributed by atoms with Gasteiger partial charge >= 0.3 is 0 Å². The highest BCUT2D eigenvalue weighted by atomic mass is 16.1. The van der Waals surface area contributed by atoms with E-state index in [1.807, 2.05) is 0 Å². The molecular formula is C15H35N5O. The Morgan fingerprint density at radius 2 is 1.33 bits per heavy atom. The van der Waals surface area contributed by atoms with E-state index in [2.05, 4.69) is 16.0 Å². The molecule has 0 spiro atoms. The fourth-order valence-corrected chi connectivity index (χ4v) is 1.99. The minimum atomic E-state index is 0.165. The molecule has 0 saturated heterocycles. The first kappa shape index (κ1) is 20.3. The predicted molar refractivity (Wildman–Crippen MR) is 89.2 cm³/mol. The molecule has 6 heteroatoms. The van der Waals surface area contributed by atoms with E-state index in [1.54, 1.807) is 0 Å². The maximum Gasteiger partial charge on any atom is 0.219 e. The van der Waals surface area contributed by atoms with Crippen LogP contribution < -0.4 is 27.4 Å². The van der Waals surface area contributed by atoms with Crippen LogP contribution in [0.2, 0.25) is 0 Å². The molecule has 0 unspecified atom stereocenters. The van der Waals surface area contributed by atoms with Crippen LogP contribution in [-0.4, -0.2) is 51.7 Å². The van der Waals surface area contributed by atoms with Crippen molar-refractivity contribution < 1.29 is 4.79 Å². The van der Waals surface area contributed by atoms with E-state index in [0.717, 1.165) is 65.0 Å². The number of nitrogens with one attached hydrogen (secondary N) is 3. The first-order valence-corrected chi connectivity index (χ1v) is 8.39. The van der Waals surface area contributed by atoms with Crippen molar-refractivity contribution >= 4 is 5.91 Å². The zero-order valence-electron chi connectivity index (χ0n) is 13.5. The molecule has 0 aliphatic heterocycles. The van der Waals surface area contributed by atoms with Crippen LogP contribution in [0.15, 0.2) is 0 Å². The molecule has 0 aliphatic carbocycles. The van der Waals surface area contributed by atoms with E-state index in [-0.39, 0.29) is 5.91 Å². The van der Waals surface area contributed by atoms with Gasteiger partial charge in [-0.25, -0.2) is 0 Å². The van der Waals surface area contributed by atoms with Gasteiger partial charge in [-0.2, -0.15) is 0 Å². The summed E-state index contributed by atoms with van der Waals surface area (Å²) in [5.41, 5.74) is 10.8. The van der Waals surface area contributed by atoms with Gasteiger partial charge in [0.25, 0.3) is 0 Å². The predicted octanol–water partition coefficient (Wildman–Crippen LogP) is -0.0701. The summed E-state index contributed by atoms with van der Waals surface area (Å²) in [7, 11) is 0. The second-order valence-electron chi connectivity index (χ2n) is 5.30. The highest BCUT2D eigenvalue weighted by Crippen LogP contribution is 1.97. The molecule has 0 atom stereocenters. The highest BCUT2D eigenvalue weighted by molar-refractivity contribution is 5.75. The smallest absolute Gasteiger partial charge is 0.219 e. The van der Waals surface area contributed by atoms with Crippen molar-refractivity contribution in [3.05, 3.63) is 0 Å². The van der Waals surface area contributed by atoms with E-state index >= 15 is 0 Å². The van der Waals surface area contributed by atoms with Crippen LogP contribution >= 0.6 is 0 Å². The molecule has 0 bridgehead atoms. The summed E-state index contributed by atoms with van der Waals surface area (Å²) < 4.78 is 0. The van der Waals surface area contributed by atoms with E-state index in [1.165, 1.54) is 12.8 Å². The Hall–Kier alpha value is -0.690. The maximum absolute atomic E-state index is 11.5. The third kappa shape index (κ3) is 17.3. The monoisotopic (exact) mass is 301 g/mol. The summed E-state index contributed by atoms with van der Waals surface area (Å²) in [4.78, 5) is 11.5. The fourth-order valence-electron chi connectivity index (χ4n) is 1.99. The van der Waals surface area contributed by atoms with Crippen LogP contribution in [0.5, 0.6) is 0 Å². The quantitative estimate of drug-likeness (QED) is 0.257. The molecule has 21 heavy (non-hydrogen) atoms. The normalized spacial score (nSPS) is 10.8. The molecule has 0 heterocycles. The number of rotatable bonds is 16. The van der Waals surface area contributed by atoms with Crippen LogP contribution in [0.25, 0.3) is 0 Å².